The van der Waals surface area contributed by atoms with Gasteiger partial charge in [-0.15, -0.1) is 0 Å². The van der Waals surface area contributed by atoms with E-state index in [4.69, 9.17) is 0 Å². The third-order valence-corrected chi connectivity index (χ3v) is 6.07. The smallest absolute Gasteiger partial charge is 0.262 e. The fraction of sp³-hybridized carbons (Fsp3) is 0.524. The molecule has 0 unspecified atom stereocenters. The Kier molecular flexibility index (Phi) is 7.30. The van der Waals surface area contributed by atoms with Crippen molar-refractivity contribution in [1.29, 1.82) is 0 Å². The van der Waals surface area contributed by atoms with Crippen LogP contribution in [0.2, 0.25) is 0 Å². The van der Waals surface area contributed by atoms with E-state index in [-0.39, 0.29) is 29.2 Å². The first-order chi connectivity index (χ1) is 14.0. The second-order valence-electron chi connectivity index (χ2n) is 7.39. The van der Waals surface area contributed by atoms with Gasteiger partial charge in [0, 0.05) is 12.6 Å². The summed E-state index contributed by atoms with van der Waals surface area (Å²) in [6, 6.07) is 6.84. The van der Waals surface area contributed by atoms with Gasteiger partial charge in [-0.1, -0.05) is 43.7 Å². The Bertz CT molecular complexity index is 937. The molecule has 0 saturated heterocycles. The molecule has 0 aliphatic heterocycles. The van der Waals surface area contributed by atoms with Crippen LogP contribution in [0.15, 0.2) is 34.2 Å². The molecule has 156 valence electrons. The van der Waals surface area contributed by atoms with E-state index in [9.17, 15) is 14.4 Å². The molecule has 7 nitrogen and oxygen atoms in total. The zero-order valence-corrected chi connectivity index (χ0v) is 17.8. The van der Waals surface area contributed by atoms with Gasteiger partial charge in [-0.2, -0.15) is 0 Å². The van der Waals surface area contributed by atoms with Gasteiger partial charge < -0.3 is 10.6 Å². The number of aromatic nitrogens is 2. The molecule has 8 heteroatoms. The molecular weight excluding hydrogens is 388 g/mol. The number of carbonyl (C=O) groups is 2. The zero-order valence-electron chi connectivity index (χ0n) is 16.9. The molecule has 2 N–H and O–H groups in total. The second-order valence-corrected chi connectivity index (χ2v) is 8.34. The van der Waals surface area contributed by atoms with Crippen LogP contribution in [0.3, 0.4) is 0 Å². The van der Waals surface area contributed by atoms with E-state index in [0.29, 0.717) is 22.6 Å². The Labute approximate surface area is 174 Å². The average Bonchev–Trinajstić information content (AvgIpc) is 3.24. The average molecular weight is 417 g/mol. The van der Waals surface area contributed by atoms with E-state index in [1.807, 2.05) is 25.1 Å². The number of amides is 2. The molecule has 3 rings (SSSR count). The van der Waals surface area contributed by atoms with E-state index in [2.05, 4.69) is 15.6 Å². The summed E-state index contributed by atoms with van der Waals surface area (Å²) in [4.78, 5) is 42.1. The molecule has 1 fully saturated rings. The molecule has 0 spiro atoms. The summed E-state index contributed by atoms with van der Waals surface area (Å²) < 4.78 is 1.77. The van der Waals surface area contributed by atoms with Crippen molar-refractivity contribution in [2.24, 2.45) is 0 Å². The summed E-state index contributed by atoms with van der Waals surface area (Å²) in [6.45, 7) is 4.22. The lowest BCUT2D eigenvalue weighted by Gasteiger charge is -2.19. The number of rotatable bonds is 8. The van der Waals surface area contributed by atoms with Gasteiger partial charge in [0.15, 0.2) is 5.16 Å². The normalized spacial score (nSPS) is 15.4. The third-order valence-electron chi connectivity index (χ3n) is 5.12. The Hall–Kier alpha value is -2.35. The van der Waals surface area contributed by atoms with Crippen molar-refractivity contribution in [2.45, 2.75) is 63.2 Å². The fourth-order valence-corrected chi connectivity index (χ4v) is 4.47. The van der Waals surface area contributed by atoms with Gasteiger partial charge in [0.2, 0.25) is 11.8 Å². The van der Waals surface area contributed by atoms with Crippen LogP contribution in [0.5, 0.6) is 0 Å². The first kappa shape index (κ1) is 21.4. The minimum atomic E-state index is -0.601. The number of carbonyl (C=O) groups excluding carboxylic acids is 2. The van der Waals surface area contributed by atoms with E-state index < -0.39 is 6.04 Å². The van der Waals surface area contributed by atoms with Gasteiger partial charge in [0.25, 0.3) is 5.56 Å². The highest BCUT2D eigenvalue weighted by atomic mass is 32.2. The van der Waals surface area contributed by atoms with E-state index >= 15 is 0 Å². The van der Waals surface area contributed by atoms with Gasteiger partial charge in [0.1, 0.15) is 6.04 Å². The maximum atomic E-state index is 13.1. The van der Waals surface area contributed by atoms with Crippen molar-refractivity contribution in [1.82, 2.24) is 20.2 Å². The van der Waals surface area contributed by atoms with E-state index in [1.54, 1.807) is 17.6 Å². The topological polar surface area (TPSA) is 93.1 Å². The van der Waals surface area contributed by atoms with Crippen molar-refractivity contribution in [2.75, 3.05) is 12.3 Å². The summed E-state index contributed by atoms with van der Waals surface area (Å²) in [7, 11) is 0. The van der Waals surface area contributed by atoms with Crippen LogP contribution in [-0.2, 0) is 9.59 Å². The number of para-hydroxylation sites is 1. The Morgan fingerprint density at radius 1 is 1.28 bits per heavy atom. The first-order valence-electron chi connectivity index (χ1n) is 10.2. The third kappa shape index (κ3) is 5.18. The summed E-state index contributed by atoms with van der Waals surface area (Å²) in [5.41, 5.74) is 0.597. The van der Waals surface area contributed by atoms with Gasteiger partial charge in [-0.3, -0.25) is 19.0 Å². The van der Waals surface area contributed by atoms with Crippen LogP contribution < -0.4 is 16.2 Å². The molecular formula is C21H28N4O3S. The first-order valence-corrected chi connectivity index (χ1v) is 11.2. The molecule has 1 aromatic heterocycles. The molecule has 1 atom stereocenters. The molecule has 1 saturated carbocycles. The zero-order chi connectivity index (χ0) is 20.8. The number of hydrogen-bond acceptors (Lipinski definition) is 5. The minimum absolute atomic E-state index is 0.0438. The van der Waals surface area contributed by atoms with Crippen LogP contribution in [0.1, 0.15) is 52.0 Å². The number of nitrogens with one attached hydrogen (secondary N) is 2. The maximum absolute atomic E-state index is 13.1. The highest BCUT2D eigenvalue weighted by Crippen LogP contribution is 2.32. The number of thioether (sulfide) groups is 1. The molecule has 0 bridgehead atoms. The van der Waals surface area contributed by atoms with Gasteiger partial charge in [0.05, 0.1) is 16.7 Å². The van der Waals surface area contributed by atoms with Gasteiger partial charge >= 0.3 is 0 Å². The van der Waals surface area contributed by atoms with Crippen molar-refractivity contribution in [3.8, 4) is 0 Å². The van der Waals surface area contributed by atoms with Crippen LogP contribution in [0.25, 0.3) is 10.9 Å². The standard InChI is InChI=1S/C21H28N4O3S/c1-3-12-22-19(27)14(2)23-18(26)13-29-21-24-17-11-7-6-10-16(17)20(28)25(21)15-8-4-5-9-15/h6-7,10-11,14-15H,3-5,8-9,12-13H2,1-2H3,(H,22,27)(H,23,26)/t14-/m1/s1. The molecule has 1 aliphatic carbocycles. The molecule has 0 radical (unpaired) electrons. The lowest BCUT2D eigenvalue weighted by molar-refractivity contribution is -0.127. The summed E-state index contributed by atoms with van der Waals surface area (Å²) in [5, 5.41) is 6.65. The summed E-state index contributed by atoms with van der Waals surface area (Å²) in [5.74, 6) is -0.352. The maximum Gasteiger partial charge on any atom is 0.262 e. The number of hydrogen-bond donors (Lipinski definition) is 2. The van der Waals surface area contributed by atoms with E-state index in [1.165, 1.54) is 11.8 Å². The predicted octanol–water partition coefficient (Wildman–Crippen LogP) is 2.63. The number of fused-ring (bicyclic) bond motifs is 1. The predicted molar refractivity (Wildman–Crippen MR) is 115 cm³/mol. The number of nitrogens with zero attached hydrogens (tertiary/aromatic N) is 2. The lowest BCUT2D eigenvalue weighted by atomic mass is 10.2. The molecule has 1 aliphatic rings. The minimum Gasteiger partial charge on any atom is -0.354 e. The molecule has 2 aromatic rings. The van der Waals surface area contributed by atoms with Crippen molar-refractivity contribution in [3.05, 3.63) is 34.6 Å². The van der Waals surface area contributed by atoms with Gasteiger partial charge in [-0.25, -0.2) is 4.98 Å². The monoisotopic (exact) mass is 416 g/mol. The largest absolute Gasteiger partial charge is 0.354 e. The van der Waals surface area contributed by atoms with E-state index in [0.717, 1.165) is 32.1 Å². The summed E-state index contributed by atoms with van der Waals surface area (Å²) >= 11 is 1.25. The molecule has 1 heterocycles. The lowest BCUT2D eigenvalue weighted by Crippen LogP contribution is -2.45. The quantitative estimate of drug-likeness (QED) is 0.510. The van der Waals surface area contributed by atoms with Crippen molar-refractivity contribution < 1.29 is 9.59 Å². The van der Waals surface area contributed by atoms with Crippen LogP contribution >= 0.6 is 11.8 Å². The van der Waals surface area contributed by atoms with Crippen molar-refractivity contribution >= 4 is 34.5 Å². The highest BCUT2D eigenvalue weighted by Gasteiger charge is 2.24. The Morgan fingerprint density at radius 2 is 2.00 bits per heavy atom. The van der Waals surface area contributed by atoms with Crippen LogP contribution in [-0.4, -0.2) is 39.7 Å². The van der Waals surface area contributed by atoms with Crippen LogP contribution in [0, 0.1) is 0 Å². The Morgan fingerprint density at radius 3 is 2.72 bits per heavy atom. The Balaban J connectivity index is 1.75. The summed E-state index contributed by atoms with van der Waals surface area (Å²) in [6.07, 6.45) is 4.94. The fourth-order valence-electron chi connectivity index (χ4n) is 3.59. The second kappa shape index (κ2) is 9.91. The SMILES string of the molecule is CCCNC(=O)[C@@H](C)NC(=O)CSc1nc2ccccc2c(=O)n1C1CCCC1. The van der Waals surface area contributed by atoms with Crippen molar-refractivity contribution in [3.63, 3.8) is 0 Å². The van der Waals surface area contributed by atoms with Gasteiger partial charge in [-0.05, 0) is 38.3 Å². The number of benzene rings is 1. The van der Waals surface area contributed by atoms with Crippen LogP contribution in [0.4, 0.5) is 0 Å². The highest BCUT2D eigenvalue weighted by molar-refractivity contribution is 7.99. The molecule has 2 amide bonds. The molecule has 1 aromatic carbocycles. The molecule has 29 heavy (non-hydrogen) atoms.